The molecule has 0 atom stereocenters. The van der Waals surface area contributed by atoms with Gasteiger partial charge in [0.25, 0.3) is 11.6 Å². The minimum absolute atomic E-state index is 0.0449. The monoisotopic (exact) mass is 499 g/mol. The molecule has 0 aromatic heterocycles. The van der Waals surface area contributed by atoms with Gasteiger partial charge in [0.1, 0.15) is 11.6 Å². The first-order valence-electron chi connectivity index (χ1n) is 7.69. The van der Waals surface area contributed by atoms with Crippen LogP contribution < -0.4 is 14.8 Å². The van der Waals surface area contributed by atoms with E-state index in [1.807, 2.05) is 0 Å². The second-order valence-electron chi connectivity index (χ2n) is 5.39. The average Bonchev–Trinajstić information content (AvgIpc) is 2.68. The van der Waals surface area contributed by atoms with Crippen LogP contribution in [0, 0.1) is 21.4 Å². The van der Waals surface area contributed by atoms with Crippen molar-refractivity contribution in [2.45, 2.75) is 0 Å². The molecule has 2 aromatic carbocycles. The molecule has 150 valence electrons. The fourth-order valence-electron chi connectivity index (χ4n) is 2.25. The lowest BCUT2D eigenvalue weighted by Gasteiger charge is -2.11. The first kappa shape index (κ1) is 22.5. The van der Waals surface area contributed by atoms with Gasteiger partial charge in [-0.2, -0.15) is 5.26 Å². The molecule has 0 aliphatic carbocycles. The third kappa shape index (κ3) is 5.17. The van der Waals surface area contributed by atoms with Gasteiger partial charge in [-0.05, 0) is 23.8 Å². The quantitative estimate of drug-likeness (QED) is 0.251. The summed E-state index contributed by atoms with van der Waals surface area (Å²) in [6.07, 6.45) is 1.33. The Bertz CT molecular complexity index is 1040. The Hall–Kier alpha value is -2.80. The van der Waals surface area contributed by atoms with E-state index in [4.69, 9.17) is 32.7 Å². The van der Waals surface area contributed by atoms with Crippen LogP contribution in [0.4, 0.5) is 11.4 Å². The van der Waals surface area contributed by atoms with Crippen molar-refractivity contribution >= 4 is 62.5 Å². The van der Waals surface area contributed by atoms with E-state index in [9.17, 15) is 20.2 Å². The van der Waals surface area contributed by atoms with Crippen LogP contribution in [-0.2, 0) is 4.79 Å². The van der Waals surface area contributed by atoms with Gasteiger partial charge < -0.3 is 14.8 Å². The third-order valence-electron chi connectivity index (χ3n) is 3.64. The Morgan fingerprint density at radius 1 is 1.21 bits per heavy atom. The summed E-state index contributed by atoms with van der Waals surface area (Å²) < 4.78 is 11.0. The number of nitro benzene ring substituents is 1. The largest absolute Gasteiger partial charge is 0.493 e. The van der Waals surface area contributed by atoms with Crippen molar-refractivity contribution in [1.29, 1.82) is 5.26 Å². The molecule has 0 heterocycles. The van der Waals surface area contributed by atoms with Crippen LogP contribution in [0.1, 0.15) is 5.56 Å². The number of nitrogens with zero attached hydrogens (tertiary/aromatic N) is 2. The van der Waals surface area contributed by atoms with Crippen LogP contribution in [0.3, 0.4) is 0 Å². The van der Waals surface area contributed by atoms with Gasteiger partial charge in [0.05, 0.1) is 34.9 Å². The number of amides is 1. The van der Waals surface area contributed by atoms with Crippen LogP contribution >= 0.6 is 39.1 Å². The molecule has 29 heavy (non-hydrogen) atoms. The van der Waals surface area contributed by atoms with Crippen LogP contribution in [0.25, 0.3) is 6.08 Å². The van der Waals surface area contributed by atoms with E-state index in [2.05, 4.69) is 21.2 Å². The zero-order chi connectivity index (χ0) is 21.7. The number of rotatable bonds is 6. The highest BCUT2D eigenvalue weighted by molar-refractivity contribution is 9.10. The Kier molecular flexibility index (Phi) is 7.45. The molecule has 1 N–H and O–H groups in total. The van der Waals surface area contributed by atoms with Gasteiger partial charge in [0.15, 0.2) is 11.5 Å². The van der Waals surface area contributed by atoms with Crippen molar-refractivity contribution in [2.75, 3.05) is 19.5 Å². The maximum Gasteiger partial charge on any atom is 0.272 e. The molecule has 2 rings (SSSR count). The van der Waals surface area contributed by atoms with Crippen molar-refractivity contribution in [3.63, 3.8) is 0 Å². The molecule has 0 fully saturated rings. The zero-order valence-electron chi connectivity index (χ0n) is 15.0. The summed E-state index contributed by atoms with van der Waals surface area (Å²) in [5, 5.41) is 22.4. The number of nitrogens with one attached hydrogen (secondary N) is 1. The van der Waals surface area contributed by atoms with E-state index in [0.29, 0.717) is 21.5 Å². The standard InChI is InChI=1S/C18H12BrCl2N3O5/c1-28-15-4-9(12(19)7-16(15)29-2)3-10(8-22)18(25)23-17-13(20)5-11(24(26)27)6-14(17)21/h3-7H,1-2H3,(H,23,25)/b10-3+. The predicted octanol–water partition coefficient (Wildman–Crippen LogP) is 5.23. The Labute approximate surface area is 183 Å². The smallest absolute Gasteiger partial charge is 0.272 e. The summed E-state index contributed by atoms with van der Waals surface area (Å²) in [4.78, 5) is 22.7. The summed E-state index contributed by atoms with van der Waals surface area (Å²) in [7, 11) is 2.93. The molecule has 0 saturated carbocycles. The van der Waals surface area contributed by atoms with Gasteiger partial charge in [0, 0.05) is 16.6 Å². The average molecular weight is 501 g/mol. The lowest BCUT2D eigenvalue weighted by Crippen LogP contribution is -2.14. The van der Waals surface area contributed by atoms with Crippen LogP contribution in [0.15, 0.2) is 34.3 Å². The minimum Gasteiger partial charge on any atom is -0.493 e. The highest BCUT2D eigenvalue weighted by Crippen LogP contribution is 2.36. The number of hydrogen-bond acceptors (Lipinski definition) is 6. The maximum absolute atomic E-state index is 12.5. The zero-order valence-corrected chi connectivity index (χ0v) is 18.1. The number of carbonyl (C=O) groups excluding carboxylic acids is 1. The highest BCUT2D eigenvalue weighted by Gasteiger charge is 2.19. The summed E-state index contributed by atoms with van der Waals surface area (Å²) in [5.74, 6) is 0.0665. The minimum atomic E-state index is -0.799. The Morgan fingerprint density at radius 3 is 2.24 bits per heavy atom. The second kappa shape index (κ2) is 9.60. The molecule has 0 bridgehead atoms. The lowest BCUT2D eigenvalue weighted by molar-refractivity contribution is -0.384. The van der Waals surface area contributed by atoms with Gasteiger partial charge in [-0.25, -0.2) is 0 Å². The maximum atomic E-state index is 12.5. The molecular formula is C18H12BrCl2N3O5. The number of nitro groups is 1. The number of nitriles is 1. The van der Waals surface area contributed by atoms with Crippen LogP contribution in [-0.4, -0.2) is 25.1 Å². The number of non-ortho nitro benzene ring substituents is 1. The van der Waals surface area contributed by atoms with E-state index in [1.54, 1.807) is 18.2 Å². The SMILES string of the molecule is COc1cc(Br)c(/C=C(\C#N)C(=O)Nc2c(Cl)cc([N+](=O)[O-])cc2Cl)cc1OC. The molecule has 0 unspecified atom stereocenters. The number of anilines is 1. The molecule has 11 heteroatoms. The molecule has 0 spiro atoms. The highest BCUT2D eigenvalue weighted by atomic mass is 79.9. The van der Waals surface area contributed by atoms with E-state index in [-0.39, 0.29) is 27.0 Å². The summed E-state index contributed by atoms with van der Waals surface area (Å²) in [5.41, 5.74) is -0.154. The van der Waals surface area contributed by atoms with Crippen molar-refractivity contribution in [2.24, 2.45) is 0 Å². The first-order chi connectivity index (χ1) is 13.7. The van der Waals surface area contributed by atoms with Gasteiger partial charge in [-0.15, -0.1) is 0 Å². The summed E-state index contributed by atoms with van der Waals surface area (Å²) in [6.45, 7) is 0. The van der Waals surface area contributed by atoms with Crippen molar-refractivity contribution < 1.29 is 19.2 Å². The molecule has 0 aliphatic heterocycles. The predicted molar refractivity (Wildman–Crippen MR) is 113 cm³/mol. The summed E-state index contributed by atoms with van der Waals surface area (Å²) >= 11 is 15.3. The van der Waals surface area contributed by atoms with E-state index in [0.717, 1.165) is 12.1 Å². The number of carbonyl (C=O) groups is 1. The normalized spacial score (nSPS) is 10.8. The topological polar surface area (TPSA) is 114 Å². The number of hydrogen-bond donors (Lipinski definition) is 1. The number of methoxy groups -OCH3 is 2. The third-order valence-corrected chi connectivity index (χ3v) is 4.93. The molecule has 0 radical (unpaired) electrons. The number of halogens is 3. The Balaban J connectivity index is 2.40. The van der Waals surface area contributed by atoms with Gasteiger partial charge in [-0.1, -0.05) is 39.1 Å². The molecule has 0 saturated heterocycles. The van der Waals surface area contributed by atoms with Crippen LogP contribution in [0.2, 0.25) is 10.0 Å². The second-order valence-corrected chi connectivity index (χ2v) is 7.06. The summed E-state index contributed by atoms with van der Waals surface area (Å²) in [6, 6.07) is 7.09. The number of benzene rings is 2. The molecule has 2 aromatic rings. The van der Waals surface area contributed by atoms with Crippen molar-refractivity contribution in [1.82, 2.24) is 0 Å². The van der Waals surface area contributed by atoms with Crippen LogP contribution in [0.5, 0.6) is 11.5 Å². The van der Waals surface area contributed by atoms with Gasteiger partial charge in [-0.3, -0.25) is 14.9 Å². The van der Waals surface area contributed by atoms with Crippen molar-refractivity contribution in [3.05, 3.63) is 60.0 Å². The number of ether oxygens (including phenoxy) is 2. The molecule has 0 aliphatic rings. The van der Waals surface area contributed by atoms with E-state index < -0.39 is 10.8 Å². The van der Waals surface area contributed by atoms with E-state index >= 15 is 0 Å². The van der Waals surface area contributed by atoms with E-state index in [1.165, 1.54) is 20.3 Å². The van der Waals surface area contributed by atoms with Gasteiger partial charge >= 0.3 is 0 Å². The fraction of sp³-hybridized carbons (Fsp3) is 0.111. The molecular weight excluding hydrogens is 489 g/mol. The lowest BCUT2D eigenvalue weighted by atomic mass is 10.1. The first-order valence-corrected chi connectivity index (χ1v) is 9.24. The fourth-order valence-corrected chi connectivity index (χ4v) is 3.26. The van der Waals surface area contributed by atoms with Crippen molar-refractivity contribution in [3.8, 4) is 17.6 Å². The molecule has 1 amide bonds. The molecule has 8 nitrogen and oxygen atoms in total. The Morgan fingerprint density at radius 2 is 1.76 bits per heavy atom. The van der Waals surface area contributed by atoms with Gasteiger partial charge in [0.2, 0.25) is 0 Å².